The summed E-state index contributed by atoms with van der Waals surface area (Å²) in [5.74, 6) is -1.24. The van der Waals surface area contributed by atoms with Crippen LogP contribution in [0.1, 0.15) is 0 Å². The molecule has 20 heavy (non-hydrogen) atoms. The Morgan fingerprint density at radius 1 is 0.950 bits per heavy atom. The third kappa shape index (κ3) is 2.35. The van der Waals surface area contributed by atoms with Gasteiger partial charge in [0, 0.05) is 23.9 Å². The van der Waals surface area contributed by atoms with E-state index in [1.165, 1.54) is 6.33 Å². The van der Waals surface area contributed by atoms with Gasteiger partial charge in [0.15, 0.2) is 0 Å². The van der Waals surface area contributed by atoms with Gasteiger partial charge in [0.05, 0.1) is 10.9 Å². The van der Waals surface area contributed by atoms with E-state index in [1.54, 1.807) is 18.2 Å². The van der Waals surface area contributed by atoms with Crippen molar-refractivity contribution in [3.63, 3.8) is 0 Å². The van der Waals surface area contributed by atoms with Crippen LogP contribution in [0.5, 0.6) is 11.6 Å². The van der Waals surface area contributed by atoms with Gasteiger partial charge >= 0.3 is 0 Å². The third-order valence-electron chi connectivity index (χ3n) is 2.67. The van der Waals surface area contributed by atoms with Crippen molar-refractivity contribution in [3.05, 3.63) is 54.4 Å². The first-order valence-corrected chi connectivity index (χ1v) is 5.76. The van der Waals surface area contributed by atoms with Crippen molar-refractivity contribution in [2.24, 2.45) is 0 Å². The number of rotatable bonds is 2. The molecule has 0 aliphatic heterocycles. The highest BCUT2D eigenvalue weighted by Crippen LogP contribution is 2.28. The third-order valence-corrected chi connectivity index (χ3v) is 2.67. The van der Waals surface area contributed by atoms with Crippen LogP contribution < -0.4 is 10.5 Å². The van der Waals surface area contributed by atoms with E-state index in [4.69, 9.17) is 10.5 Å². The Morgan fingerprint density at radius 3 is 2.45 bits per heavy atom. The van der Waals surface area contributed by atoms with Crippen molar-refractivity contribution in [2.75, 3.05) is 5.73 Å². The lowest BCUT2D eigenvalue weighted by atomic mass is 10.2. The molecule has 0 radical (unpaired) electrons. The molecule has 0 aliphatic carbocycles. The molecule has 0 spiro atoms. The van der Waals surface area contributed by atoms with E-state index < -0.39 is 11.6 Å². The number of fused-ring (bicyclic) bond motifs is 1. The van der Waals surface area contributed by atoms with E-state index >= 15 is 0 Å². The lowest BCUT2D eigenvalue weighted by Crippen LogP contribution is -1.94. The largest absolute Gasteiger partial charge is 0.438 e. The summed E-state index contributed by atoms with van der Waals surface area (Å²) >= 11 is 0. The maximum absolute atomic E-state index is 13.1. The van der Waals surface area contributed by atoms with Gasteiger partial charge in [0.1, 0.15) is 23.7 Å². The Morgan fingerprint density at radius 2 is 1.70 bits per heavy atom. The number of hydrogen-bond acceptors (Lipinski definition) is 4. The summed E-state index contributed by atoms with van der Waals surface area (Å²) in [5, 5.41) is 0.567. The van der Waals surface area contributed by atoms with Crippen LogP contribution in [0.25, 0.3) is 10.9 Å². The first-order valence-electron chi connectivity index (χ1n) is 5.76. The summed E-state index contributed by atoms with van der Waals surface area (Å²) in [6.45, 7) is 0. The maximum atomic E-state index is 13.1. The van der Waals surface area contributed by atoms with E-state index in [2.05, 4.69) is 9.97 Å². The van der Waals surface area contributed by atoms with Gasteiger partial charge in [-0.2, -0.15) is 0 Å². The monoisotopic (exact) mass is 273 g/mol. The van der Waals surface area contributed by atoms with Gasteiger partial charge in [0.25, 0.3) is 0 Å². The topological polar surface area (TPSA) is 61.0 Å². The van der Waals surface area contributed by atoms with Gasteiger partial charge in [-0.3, -0.25) is 0 Å². The number of benzene rings is 2. The molecule has 1 heterocycles. The minimum atomic E-state index is -0.724. The zero-order valence-electron chi connectivity index (χ0n) is 10.2. The molecule has 0 atom stereocenters. The Kier molecular flexibility index (Phi) is 2.90. The molecule has 100 valence electrons. The number of hydrogen-bond donors (Lipinski definition) is 1. The van der Waals surface area contributed by atoms with Crippen LogP contribution in [0.15, 0.2) is 42.7 Å². The van der Waals surface area contributed by atoms with E-state index in [9.17, 15) is 8.78 Å². The molecule has 2 aromatic carbocycles. The van der Waals surface area contributed by atoms with Crippen LogP contribution in [-0.4, -0.2) is 9.97 Å². The van der Waals surface area contributed by atoms with Crippen molar-refractivity contribution in [1.29, 1.82) is 0 Å². The van der Waals surface area contributed by atoms with Crippen LogP contribution in [0.2, 0.25) is 0 Å². The summed E-state index contributed by atoms with van der Waals surface area (Å²) in [6, 6.07) is 7.96. The summed E-state index contributed by atoms with van der Waals surface area (Å²) in [4.78, 5) is 8.03. The molecule has 0 saturated carbocycles. The molecule has 0 saturated heterocycles. The minimum absolute atomic E-state index is 0.0184. The quantitative estimate of drug-likeness (QED) is 0.728. The normalized spacial score (nSPS) is 10.7. The summed E-state index contributed by atoms with van der Waals surface area (Å²) in [6.07, 6.45) is 1.31. The Balaban J connectivity index is 2.08. The molecular weight excluding hydrogens is 264 g/mol. The van der Waals surface area contributed by atoms with E-state index in [-0.39, 0.29) is 11.6 Å². The zero-order chi connectivity index (χ0) is 14.1. The summed E-state index contributed by atoms with van der Waals surface area (Å²) in [7, 11) is 0. The molecule has 1 aromatic heterocycles. The SMILES string of the molecule is Nc1ccc2ncnc(Oc3cc(F)cc(F)c3)c2c1. The lowest BCUT2D eigenvalue weighted by Gasteiger charge is -2.08. The fourth-order valence-electron chi connectivity index (χ4n) is 1.83. The fraction of sp³-hybridized carbons (Fsp3) is 0. The highest BCUT2D eigenvalue weighted by atomic mass is 19.1. The van der Waals surface area contributed by atoms with Crippen molar-refractivity contribution >= 4 is 16.6 Å². The highest BCUT2D eigenvalue weighted by molar-refractivity contribution is 5.86. The van der Waals surface area contributed by atoms with Crippen LogP contribution in [0, 0.1) is 11.6 Å². The predicted molar refractivity (Wildman–Crippen MR) is 70.4 cm³/mol. The Hall–Kier alpha value is -2.76. The van der Waals surface area contributed by atoms with E-state index in [1.807, 2.05) is 0 Å². The van der Waals surface area contributed by atoms with Crippen molar-refractivity contribution in [2.45, 2.75) is 0 Å². The molecule has 0 aliphatic rings. The van der Waals surface area contributed by atoms with Crippen molar-refractivity contribution < 1.29 is 13.5 Å². The smallest absolute Gasteiger partial charge is 0.230 e. The number of aromatic nitrogens is 2. The van der Waals surface area contributed by atoms with Crippen LogP contribution in [0.3, 0.4) is 0 Å². The molecule has 0 fully saturated rings. The minimum Gasteiger partial charge on any atom is -0.438 e. The second-order valence-electron chi connectivity index (χ2n) is 4.16. The first-order chi connectivity index (χ1) is 9.61. The number of nitrogens with two attached hydrogens (primary N) is 1. The molecule has 6 heteroatoms. The molecular formula is C14H9F2N3O. The van der Waals surface area contributed by atoms with E-state index in [0.717, 1.165) is 18.2 Å². The molecule has 0 amide bonds. The second kappa shape index (κ2) is 4.73. The van der Waals surface area contributed by atoms with Crippen molar-refractivity contribution in [1.82, 2.24) is 9.97 Å². The average molecular weight is 273 g/mol. The first kappa shape index (κ1) is 12.3. The molecule has 0 unspecified atom stereocenters. The number of nitrogen functional groups attached to an aromatic ring is 1. The Labute approximate surface area is 112 Å². The van der Waals surface area contributed by atoms with Gasteiger partial charge in [-0.05, 0) is 18.2 Å². The van der Waals surface area contributed by atoms with Crippen molar-refractivity contribution in [3.8, 4) is 11.6 Å². The maximum Gasteiger partial charge on any atom is 0.230 e. The molecule has 3 rings (SSSR count). The lowest BCUT2D eigenvalue weighted by molar-refractivity contribution is 0.456. The number of nitrogens with zero attached hydrogens (tertiary/aromatic N) is 2. The molecule has 3 aromatic rings. The summed E-state index contributed by atoms with van der Waals surface area (Å²) in [5.41, 5.74) is 6.85. The van der Waals surface area contributed by atoms with Gasteiger partial charge in [-0.1, -0.05) is 0 Å². The molecule has 4 nitrogen and oxygen atoms in total. The van der Waals surface area contributed by atoms with Gasteiger partial charge in [0.2, 0.25) is 5.88 Å². The van der Waals surface area contributed by atoms with Gasteiger partial charge < -0.3 is 10.5 Å². The second-order valence-corrected chi connectivity index (χ2v) is 4.16. The van der Waals surface area contributed by atoms with Crippen LogP contribution in [-0.2, 0) is 0 Å². The zero-order valence-corrected chi connectivity index (χ0v) is 10.2. The molecule has 2 N–H and O–H groups in total. The predicted octanol–water partition coefficient (Wildman–Crippen LogP) is 3.28. The molecule has 0 bridgehead atoms. The van der Waals surface area contributed by atoms with Gasteiger partial charge in [-0.25, -0.2) is 18.7 Å². The van der Waals surface area contributed by atoms with Crippen LogP contribution >= 0.6 is 0 Å². The highest BCUT2D eigenvalue weighted by Gasteiger charge is 2.08. The fourth-order valence-corrected chi connectivity index (χ4v) is 1.83. The number of anilines is 1. The van der Waals surface area contributed by atoms with Crippen LogP contribution in [0.4, 0.5) is 14.5 Å². The average Bonchev–Trinajstić information content (AvgIpc) is 2.38. The standard InChI is InChI=1S/C14H9F2N3O/c15-8-3-9(16)5-11(4-8)20-14-12-6-10(17)1-2-13(12)18-7-19-14/h1-7H,17H2. The number of halogens is 2. The van der Waals surface area contributed by atoms with E-state index in [0.29, 0.717) is 16.6 Å². The Bertz CT molecular complexity index is 772. The number of ether oxygens (including phenoxy) is 1. The van der Waals surface area contributed by atoms with Gasteiger partial charge in [-0.15, -0.1) is 0 Å². The summed E-state index contributed by atoms with van der Waals surface area (Å²) < 4.78 is 31.7.